The van der Waals surface area contributed by atoms with Gasteiger partial charge >= 0.3 is 18.9 Å². The molecule has 0 aromatic heterocycles. The summed E-state index contributed by atoms with van der Waals surface area (Å²) < 4.78 is 5.31. The van der Waals surface area contributed by atoms with E-state index in [2.05, 4.69) is 30.3 Å². The van der Waals surface area contributed by atoms with Crippen LogP contribution in [-0.4, -0.2) is 7.11 Å². The van der Waals surface area contributed by atoms with E-state index in [0.717, 1.165) is 5.75 Å². The zero-order chi connectivity index (χ0) is 10.5. The maximum Gasteiger partial charge on any atom is 1.00 e. The third-order valence-electron chi connectivity index (χ3n) is 2.09. The molecule has 0 saturated heterocycles. The number of ether oxygens (including phenoxy) is 1. The minimum atomic E-state index is 0. The molecule has 0 atom stereocenters. The summed E-state index contributed by atoms with van der Waals surface area (Å²) in [5.41, 5.74) is 0. The first-order chi connectivity index (χ1) is 7.40. The molecule has 2 aromatic rings. The van der Waals surface area contributed by atoms with Crippen LogP contribution in [0.5, 0.6) is 5.75 Å². The zero-order valence-electron chi connectivity index (χ0n) is 9.55. The number of benzene rings is 2. The Labute approximate surface area is 110 Å². The van der Waals surface area contributed by atoms with Gasteiger partial charge in [0.2, 0.25) is 0 Å². The van der Waals surface area contributed by atoms with Crippen LogP contribution < -0.4 is 34.2 Å². The van der Waals surface area contributed by atoms with E-state index in [0.29, 0.717) is 0 Å². The predicted octanol–water partition coefficient (Wildman–Crippen LogP) is -0.404. The van der Waals surface area contributed by atoms with Crippen LogP contribution in [0.3, 0.4) is 0 Å². The molecule has 0 aliphatic carbocycles. The van der Waals surface area contributed by atoms with E-state index >= 15 is 0 Å². The van der Waals surface area contributed by atoms with E-state index in [1.54, 1.807) is 7.11 Å². The molecular formula is C13H12LiOP. The molecule has 0 bridgehead atoms. The van der Waals surface area contributed by atoms with E-state index in [1.165, 1.54) is 19.2 Å². The average molecular weight is 222 g/mol. The standard InChI is InChI=1S/C13H12OP.Li/c1-14-12-9-5-6-10-13(12)15-11-7-3-2-4-8-11;/h2-10H,1H3;/q-1;+1. The molecule has 2 aromatic carbocycles. The fourth-order valence-corrected chi connectivity index (χ4v) is 2.40. The summed E-state index contributed by atoms with van der Waals surface area (Å²) in [5, 5.41) is 2.48. The van der Waals surface area contributed by atoms with Crippen LogP contribution in [0.25, 0.3) is 0 Å². The second-order valence-corrected chi connectivity index (χ2v) is 4.34. The normalized spacial score (nSPS) is 10.1. The van der Waals surface area contributed by atoms with Crippen molar-refractivity contribution in [3.63, 3.8) is 0 Å². The molecule has 0 amide bonds. The van der Waals surface area contributed by atoms with E-state index in [4.69, 9.17) is 4.74 Å². The quantitative estimate of drug-likeness (QED) is 0.507. The van der Waals surface area contributed by atoms with Crippen LogP contribution in [-0.2, 0) is 0 Å². The van der Waals surface area contributed by atoms with Gasteiger partial charge in [0.15, 0.2) is 0 Å². The van der Waals surface area contributed by atoms with Crippen LogP contribution in [0.2, 0.25) is 0 Å². The van der Waals surface area contributed by atoms with Crippen LogP contribution in [0.4, 0.5) is 0 Å². The summed E-state index contributed by atoms with van der Waals surface area (Å²) in [4.78, 5) is 0. The number of methoxy groups -OCH3 is 1. The molecule has 0 radical (unpaired) electrons. The SMILES string of the molecule is COc1ccccc1[P-]c1ccccc1.[Li+]. The summed E-state index contributed by atoms with van der Waals surface area (Å²) in [6, 6.07) is 18.5. The van der Waals surface area contributed by atoms with Gasteiger partial charge in [-0.25, -0.2) is 0 Å². The van der Waals surface area contributed by atoms with Crippen molar-refractivity contribution >= 4 is 19.2 Å². The summed E-state index contributed by atoms with van der Waals surface area (Å²) in [7, 11) is 2.89. The van der Waals surface area contributed by atoms with Crippen molar-refractivity contribution in [3.05, 3.63) is 54.6 Å². The van der Waals surface area contributed by atoms with E-state index in [9.17, 15) is 0 Å². The van der Waals surface area contributed by atoms with Gasteiger partial charge in [-0.3, -0.25) is 0 Å². The number of para-hydroxylation sites is 1. The molecular weight excluding hydrogens is 210 g/mol. The topological polar surface area (TPSA) is 9.23 Å². The number of hydrogen-bond donors (Lipinski definition) is 0. The van der Waals surface area contributed by atoms with Gasteiger partial charge in [0.05, 0.1) is 12.9 Å². The minimum absolute atomic E-state index is 0. The minimum Gasteiger partial charge on any atom is -0.499 e. The van der Waals surface area contributed by atoms with Crippen molar-refractivity contribution in [1.82, 2.24) is 0 Å². The average Bonchev–Trinajstić information content (AvgIpc) is 2.31. The molecule has 3 heteroatoms. The smallest absolute Gasteiger partial charge is 0.499 e. The third-order valence-corrected chi connectivity index (χ3v) is 3.26. The van der Waals surface area contributed by atoms with Crippen LogP contribution >= 0.6 is 8.58 Å². The van der Waals surface area contributed by atoms with Gasteiger partial charge in [-0.05, 0) is 6.07 Å². The van der Waals surface area contributed by atoms with Crippen molar-refractivity contribution in [1.29, 1.82) is 0 Å². The number of hydrogen-bond acceptors (Lipinski definition) is 1. The predicted molar refractivity (Wildman–Crippen MR) is 65.6 cm³/mol. The summed E-state index contributed by atoms with van der Waals surface area (Å²) in [5.74, 6) is 0.947. The Bertz CT molecular complexity index is 431. The molecule has 2 rings (SSSR count). The molecule has 16 heavy (non-hydrogen) atoms. The maximum absolute atomic E-state index is 5.31. The third kappa shape index (κ3) is 3.39. The van der Waals surface area contributed by atoms with Crippen molar-refractivity contribution in [2.24, 2.45) is 0 Å². The second-order valence-electron chi connectivity index (χ2n) is 3.12. The molecule has 0 aliphatic rings. The van der Waals surface area contributed by atoms with Gasteiger partial charge in [0.25, 0.3) is 0 Å². The Hall–Kier alpha value is -0.733. The van der Waals surface area contributed by atoms with Crippen LogP contribution in [0.15, 0.2) is 54.6 Å². The molecule has 0 heterocycles. The fraction of sp³-hybridized carbons (Fsp3) is 0.0769. The monoisotopic (exact) mass is 222 g/mol. The first-order valence-electron chi connectivity index (χ1n) is 4.80. The molecule has 0 N–H and O–H groups in total. The fourth-order valence-electron chi connectivity index (χ4n) is 1.36. The molecule has 1 nitrogen and oxygen atoms in total. The van der Waals surface area contributed by atoms with Crippen LogP contribution in [0, 0.1) is 0 Å². The molecule has 0 fully saturated rings. The molecule has 76 valence electrons. The van der Waals surface area contributed by atoms with E-state index in [-0.39, 0.29) is 18.9 Å². The Morgan fingerprint density at radius 1 is 0.875 bits per heavy atom. The first kappa shape index (κ1) is 13.3. The zero-order valence-corrected chi connectivity index (χ0v) is 10.4. The van der Waals surface area contributed by atoms with Gasteiger partial charge in [-0.2, -0.15) is 10.6 Å². The van der Waals surface area contributed by atoms with Gasteiger partial charge < -0.3 is 13.3 Å². The second kappa shape index (κ2) is 6.77. The van der Waals surface area contributed by atoms with E-state index < -0.39 is 0 Å². The Kier molecular flexibility index (Phi) is 5.64. The Balaban J connectivity index is 0.00000128. The number of rotatable bonds is 3. The summed E-state index contributed by atoms with van der Waals surface area (Å²) >= 11 is 0. The van der Waals surface area contributed by atoms with Gasteiger partial charge in [0.1, 0.15) is 0 Å². The van der Waals surface area contributed by atoms with Crippen LogP contribution in [0.1, 0.15) is 0 Å². The van der Waals surface area contributed by atoms with Gasteiger partial charge in [0, 0.05) is 0 Å². The van der Waals surface area contributed by atoms with E-state index in [1.807, 2.05) is 24.3 Å². The molecule has 0 unspecified atom stereocenters. The molecule has 0 aliphatic heterocycles. The molecule has 0 saturated carbocycles. The van der Waals surface area contributed by atoms with Crippen molar-refractivity contribution in [2.75, 3.05) is 7.11 Å². The Morgan fingerprint density at radius 3 is 2.19 bits per heavy atom. The first-order valence-corrected chi connectivity index (χ1v) is 5.69. The van der Waals surface area contributed by atoms with Gasteiger partial charge in [-0.15, -0.1) is 0 Å². The van der Waals surface area contributed by atoms with Gasteiger partial charge in [-0.1, -0.05) is 48.5 Å². The molecule has 0 spiro atoms. The largest absolute Gasteiger partial charge is 1.00 e. The maximum atomic E-state index is 5.31. The van der Waals surface area contributed by atoms with Crippen molar-refractivity contribution < 1.29 is 23.6 Å². The Morgan fingerprint density at radius 2 is 1.50 bits per heavy atom. The van der Waals surface area contributed by atoms with Crippen molar-refractivity contribution in [3.8, 4) is 5.75 Å². The summed E-state index contributed by atoms with van der Waals surface area (Å²) in [6.07, 6.45) is 0. The summed E-state index contributed by atoms with van der Waals surface area (Å²) in [6.45, 7) is 0. The van der Waals surface area contributed by atoms with Crippen molar-refractivity contribution in [2.45, 2.75) is 0 Å².